The number of nitrogens with one attached hydrogen (secondary N) is 1. The number of nitrogens with zero attached hydrogens (tertiary/aromatic N) is 6. The second-order valence-electron chi connectivity index (χ2n) is 11.1. The number of carbonyl (C=O) groups excluding carboxylic acids is 2. The summed E-state index contributed by atoms with van der Waals surface area (Å²) in [5.41, 5.74) is 5.52. The number of rotatable bonds is 6. The van der Waals surface area contributed by atoms with Gasteiger partial charge in [0.25, 0.3) is 11.5 Å². The van der Waals surface area contributed by atoms with E-state index in [-0.39, 0.29) is 69.3 Å². The Hall–Kier alpha value is -4.89. The van der Waals surface area contributed by atoms with Gasteiger partial charge in [-0.25, -0.2) is 9.97 Å². The molecule has 1 saturated heterocycles. The summed E-state index contributed by atoms with van der Waals surface area (Å²) in [6.45, 7) is 5.18. The lowest BCUT2D eigenvalue weighted by Crippen LogP contribution is -2.50. The van der Waals surface area contributed by atoms with Crippen molar-refractivity contribution in [3.05, 3.63) is 51.0 Å². The van der Waals surface area contributed by atoms with Crippen molar-refractivity contribution < 1.29 is 28.6 Å². The first-order valence-electron chi connectivity index (χ1n) is 14.0. The highest BCUT2D eigenvalue weighted by Crippen LogP contribution is 2.50. The third-order valence-corrected chi connectivity index (χ3v) is 8.47. The minimum Gasteiger partial charge on any atom is -0.504 e. The molecule has 0 saturated carbocycles. The van der Waals surface area contributed by atoms with Crippen molar-refractivity contribution >= 4 is 46.0 Å². The number of nitrogens with two attached hydrogens (primary N) is 1. The topological polar surface area (TPSA) is 170 Å². The van der Waals surface area contributed by atoms with Crippen LogP contribution in [-0.4, -0.2) is 80.4 Å². The number of amides is 2. The second-order valence-corrected chi connectivity index (χ2v) is 11.5. The van der Waals surface area contributed by atoms with Gasteiger partial charge in [0.05, 0.1) is 16.6 Å². The summed E-state index contributed by atoms with van der Waals surface area (Å²) in [6, 6.07) is 2.88. The molecule has 0 aliphatic carbocycles. The van der Waals surface area contributed by atoms with E-state index in [0.717, 1.165) is 13.1 Å². The summed E-state index contributed by atoms with van der Waals surface area (Å²) in [7, 11) is 3.55. The predicted octanol–water partition coefficient (Wildman–Crippen LogP) is 2.21. The number of piperazine rings is 1. The van der Waals surface area contributed by atoms with Crippen molar-refractivity contribution in [2.75, 3.05) is 43.7 Å². The zero-order chi connectivity index (χ0) is 32.3. The highest BCUT2D eigenvalue weighted by atomic mass is 35.5. The molecule has 1 fully saturated rings. The van der Waals surface area contributed by atoms with Gasteiger partial charge in [-0.15, -0.1) is 0 Å². The van der Waals surface area contributed by atoms with E-state index in [2.05, 4.69) is 20.2 Å². The van der Waals surface area contributed by atoms with E-state index in [1.54, 1.807) is 14.0 Å². The fourth-order valence-corrected chi connectivity index (χ4v) is 5.88. The molecule has 1 atom stereocenters. The number of carbonyl (C=O) groups is 2. The van der Waals surface area contributed by atoms with E-state index >= 15 is 0 Å². The van der Waals surface area contributed by atoms with Crippen LogP contribution < -0.4 is 31.0 Å². The number of phenols is 1. The summed E-state index contributed by atoms with van der Waals surface area (Å²) in [6.07, 6.45) is 1.50. The van der Waals surface area contributed by atoms with E-state index in [1.165, 1.54) is 27.5 Å². The van der Waals surface area contributed by atoms with E-state index in [1.807, 2.05) is 18.9 Å². The normalized spacial score (nSPS) is 16.4. The number of anilines is 2. The molecular formula is C29H30ClFN8O6. The number of primary amides is 1. The Kier molecular flexibility index (Phi) is 7.53. The minimum atomic E-state index is -0.927. The molecule has 4 aromatic rings. The molecule has 6 rings (SSSR count). The lowest BCUT2D eigenvalue weighted by atomic mass is 10.00. The van der Waals surface area contributed by atoms with E-state index in [0.29, 0.717) is 18.2 Å². The monoisotopic (exact) mass is 640 g/mol. The molecule has 3 aromatic heterocycles. The maximum atomic E-state index is 14.9. The Morgan fingerprint density at radius 3 is 2.62 bits per heavy atom. The van der Waals surface area contributed by atoms with Crippen molar-refractivity contribution in [1.82, 2.24) is 24.0 Å². The summed E-state index contributed by atoms with van der Waals surface area (Å²) in [5.74, 6) is -2.21. The average molecular weight is 641 g/mol. The molecule has 45 heavy (non-hydrogen) atoms. The number of pyridine rings is 1. The smallest absolute Gasteiger partial charge is 0.263 e. The summed E-state index contributed by atoms with van der Waals surface area (Å²) in [4.78, 5) is 51.8. The molecule has 16 heteroatoms. The van der Waals surface area contributed by atoms with Crippen LogP contribution in [0.15, 0.2) is 23.1 Å². The second kappa shape index (κ2) is 11.2. The molecule has 0 radical (unpaired) electrons. The quantitative estimate of drug-likeness (QED) is 0.266. The molecule has 2 amide bonds. The number of fused-ring (bicyclic) bond motifs is 2. The predicted molar refractivity (Wildman–Crippen MR) is 164 cm³/mol. The lowest BCUT2D eigenvalue weighted by Gasteiger charge is -2.39. The number of aryl methyl sites for hydroxylation is 1. The Bertz CT molecular complexity index is 1960. The third kappa shape index (κ3) is 5.17. The van der Waals surface area contributed by atoms with Gasteiger partial charge in [0.2, 0.25) is 24.4 Å². The zero-order valence-corrected chi connectivity index (χ0v) is 25.6. The molecule has 0 spiro atoms. The number of hydrogen-bond donors (Lipinski definition) is 3. The van der Waals surface area contributed by atoms with Crippen molar-refractivity contribution in [3.63, 3.8) is 0 Å². The summed E-state index contributed by atoms with van der Waals surface area (Å²) < 4.78 is 28.6. The van der Waals surface area contributed by atoms with E-state index < -0.39 is 29.1 Å². The van der Waals surface area contributed by atoms with Gasteiger partial charge in [-0.05, 0) is 27.0 Å². The third-order valence-electron chi connectivity index (χ3n) is 8.11. The van der Waals surface area contributed by atoms with Crippen LogP contribution in [0.5, 0.6) is 17.2 Å². The molecule has 236 valence electrons. The van der Waals surface area contributed by atoms with Gasteiger partial charge in [0.15, 0.2) is 11.5 Å². The van der Waals surface area contributed by atoms with Crippen LogP contribution >= 0.6 is 11.6 Å². The first kappa shape index (κ1) is 30.1. The molecule has 5 heterocycles. The SMILES string of the molecule is Cc1nc2c(c(-c3cc(C(N)=O)c(O)c4c3OCO4)cn2CC(=O)Nc2cc(N3CCN(C)C[C@@H]3C)nc(F)c2Cl)c(=O)n1C. The van der Waals surface area contributed by atoms with Crippen LogP contribution in [-0.2, 0) is 18.4 Å². The number of ether oxygens (including phenoxy) is 2. The van der Waals surface area contributed by atoms with Gasteiger partial charge >= 0.3 is 0 Å². The number of benzene rings is 1. The highest BCUT2D eigenvalue weighted by molar-refractivity contribution is 6.33. The molecule has 4 N–H and O–H groups in total. The number of hydrogen-bond acceptors (Lipinski definition) is 10. The first-order chi connectivity index (χ1) is 21.3. The Morgan fingerprint density at radius 1 is 1.18 bits per heavy atom. The number of halogens is 2. The van der Waals surface area contributed by atoms with Crippen LogP contribution in [0, 0.1) is 12.9 Å². The zero-order valence-electron chi connectivity index (χ0n) is 24.8. The maximum absolute atomic E-state index is 14.9. The van der Waals surface area contributed by atoms with Crippen LogP contribution in [0.4, 0.5) is 15.9 Å². The first-order valence-corrected chi connectivity index (χ1v) is 14.4. The molecule has 0 unspecified atom stereocenters. The molecular weight excluding hydrogens is 611 g/mol. The maximum Gasteiger partial charge on any atom is 0.263 e. The largest absolute Gasteiger partial charge is 0.504 e. The molecule has 0 bridgehead atoms. The van der Waals surface area contributed by atoms with Crippen LogP contribution in [0.1, 0.15) is 23.1 Å². The fraction of sp³-hybridized carbons (Fsp3) is 0.345. The standard InChI is InChI=1S/C29H30ClFN8O6/c1-13-9-36(3)5-6-39(13)19-8-18(22(30)26(31)35-19)34-20(40)11-38-10-17(21-28(38)33-14(2)37(4)29(21)43)15-7-16(27(32)42)23(41)25-24(15)44-12-45-25/h7-8,10,13,41H,5-6,9,11-12H2,1-4H3,(H2,32,42)(H,34,35,40)/t13-/m0/s1. The fourth-order valence-electron chi connectivity index (χ4n) is 5.74. The van der Waals surface area contributed by atoms with Gasteiger partial charge in [0.1, 0.15) is 28.9 Å². The molecule has 1 aromatic carbocycles. The van der Waals surface area contributed by atoms with Gasteiger partial charge in [-0.1, -0.05) is 11.6 Å². The number of aromatic nitrogens is 4. The molecule has 2 aliphatic rings. The Labute approximate surface area is 260 Å². The van der Waals surface area contributed by atoms with Crippen molar-refractivity contribution in [1.29, 1.82) is 0 Å². The Balaban J connectivity index is 1.41. The highest BCUT2D eigenvalue weighted by Gasteiger charge is 2.31. The van der Waals surface area contributed by atoms with Crippen molar-refractivity contribution in [2.24, 2.45) is 12.8 Å². The average Bonchev–Trinajstić information content (AvgIpc) is 3.60. The van der Waals surface area contributed by atoms with Gasteiger partial charge in [-0.2, -0.15) is 4.39 Å². The Morgan fingerprint density at radius 2 is 1.91 bits per heavy atom. The molecule has 2 aliphatic heterocycles. The van der Waals surface area contributed by atoms with Gasteiger partial charge < -0.3 is 40.0 Å². The van der Waals surface area contributed by atoms with E-state index in [9.17, 15) is 23.9 Å². The van der Waals surface area contributed by atoms with Crippen molar-refractivity contribution in [3.8, 4) is 28.4 Å². The van der Waals surface area contributed by atoms with Crippen molar-refractivity contribution in [2.45, 2.75) is 26.4 Å². The summed E-state index contributed by atoms with van der Waals surface area (Å²) in [5, 5.41) is 13.0. The number of likely N-dealkylation sites (N-methyl/N-ethyl adjacent to an activating group) is 1. The minimum absolute atomic E-state index is 0.0417. The van der Waals surface area contributed by atoms with Crippen LogP contribution in [0.25, 0.3) is 22.2 Å². The van der Waals surface area contributed by atoms with E-state index in [4.69, 9.17) is 26.8 Å². The van der Waals surface area contributed by atoms with Crippen LogP contribution in [0.2, 0.25) is 5.02 Å². The number of aromatic hydroxyl groups is 1. The van der Waals surface area contributed by atoms with Crippen LogP contribution in [0.3, 0.4) is 0 Å². The lowest BCUT2D eigenvalue weighted by molar-refractivity contribution is -0.116. The van der Waals surface area contributed by atoms with Gasteiger partial charge in [-0.3, -0.25) is 19.0 Å². The summed E-state index contributed by atoms with van der Waals surface area (Å²) >= 11 is 6.23. The molecule has 14 nitrogen and oxygen atoms in total. The van der Waals surface area contributed by atoms with Gasteiger partial charge in [0, 0.05) is 56.1 Å².